The maximum Gasteiger partial charge on any atom is 0.573 e. The summed E-state index contributed by atoms with van der Waals surface area (Å²) in [4.78, 5) is 0. The van der Waals surface area contributed by atoms with E-state index < -0.39 is 6.36 Å². The van der Waals surface area contributed by atoms with Crippen molar-refractivity contribution in [2.24, 2.45) is 11.7 Å². The van der Waals surface area contributed by atoms with E-state index in [4.69, 9.17) is 5.73 Å². The van der Waals surface area contributed by atoms with Gasteiger partial charge in [0.2, 0.25) is 0 Å². The summed E-state index contributed by atoms with van der Waals surface area (Å²) >= 11 is 0. The van der Waals surface area contributed by atoms with Crippen LogP contribution in [0.2, 0.25) is 0 Å². The van der Waals surface area contributed by atoms with Gasteiger partial charge in [0.05, 0.1) is 0 Å². The largest absolute Gasteiger partial charge is 0.573 e. The van der Waals surface area contributed by atoms with Crippen LogP contribution in [-0.2, 0) is 0 Å². The van der Waals surface area contributed by atoms with E-state index >= 15 is 0 Å². The van der Waals surface area contributed by atoms with Crippen molar-refractivity contribution in [1.82, 2.24) is 0 Å². The molecule has 1 aliphatic carbocycles. The summed E-state index contributed by atoms with van der Waals surface area (Å²) in [6, 6.07) is 6.18. The van der Waals surface area contributed by atoms with Crippen LogP contribution in [0.25, 0.3) is 6.08 Å². The number of rotatable bonds is 4. The molecule has 1 aliphatic rings. The van der Waals surface area contributed by atoms with Gasteiger partial charge in [-0.1, -0.05) is 49.1 Å². The first-order chi connectivity index (χ1) is 9.99. The predicted octanol–water partition coefficient (Wildman–Crippen LogP) is 4.51. The Hall–Kier alpha value is -1.49. The third-order valence-electron chi connectivity index (χ3n) is 3.85. The average molecular weight is 299 g/mol. The number of hydrogen-bond donors (Lipinski definition) is 1. The molecule has 2 rings (SSSR count). The van der Waals surface area contributed by atoms with Crippen molar-refractivity contribution in [3.05, 3.63) is 35.4 Å². The minimum atomic E-state index is -4.68. The van der Waals surface area contributed by atoms with Crippen LogP contribution < -0.4 is 10.5 Å². The Labute approximate surface area is 122 Å². The van der Waals surface area contributed by atoms with Gasteiger partial charge in [-0.15, -0.1) is 13.2 Å². The number of alkyl halides is 3. The molecule has 2 nitrogen and oxygen atoms in total. The fourth-order valence-corrected chi connectivity index (χ4v) is 2.83. The minimum absolute atomic E-state index is 0.174. The lowest BCUT2D eigenvalue weighted by molar-refractivity contribution is -0.274. The molecule has 0 amide bonds. The quantitative estimate of drug-likeness (QED) is 0.888. The summed E-state index contributed by atoms with van der Waals surface area (Å²) in [6.07, 6.45) is 2.74. The van der Waals surface area contributed by atoms with Gasteiger partial charge in [-0.25, -0.2) is 0 Å². The summed E-state index contributed by atoms with van der Waals surface area (Å²) in [6.45, 7) is 0.366. The molecule has 0 spiro atoms. The molecule has 1 saturated carbocycles. The maximum absolute atomic E-state index is 12.4. The summed E-state index contributed by atoms with van der Waals surface area (Å²) < 4.78 is 41.4. The van der Waals surface area contributed by atoms with Crippen molar-refractivity contribution < 1.29 is 17.9 Å². The molecule has 0 atom stereocenters. The number of hydrogen-bond acceptors (Lipinski definition) is 2. The Morgan fingerprint density at radius 2 is 1.86 bits per heavy atom. The molecular formula is C16H20F3NO. The molecule has 0 heterocycles. The van der Waals surface area contributed by atoms with Crippen LogP contribution in [0.4, 0.5) is 13.2 Å². The van der Waals surface area contributed by atoms with Crippen molar-refractivity contribution in [2.45, 2.75) is 38.5 Å². The van der Waals surface area contributed by atoms with Crippen LogP contribution in [0.15, 0.2) is 29.8 Å². The van der Waals surface area contributed by atoms with Crippen molar-refractivity contribution in [3.8, 4) is 5.75 Å². The third-order valence-corrected chi connectivity index (χ3v) is 3.85. The Kier molecular flexibility index (Phi) is 5.28. The molecule has 0 unspecified atom stereocenters. The van der Waals surface area contributed by atoms with Gasteiger partial charge < -0.3 is 10.5 Å². The van der Waals surface area contributed by atoms with E-state index in [0.29, 0.717) is 18.0 Å². The molecule has 0 radical (unpaired) electrons. The van der Waals surface area contributed by atoms with Crippen LogP contribution in [0, 0.1) is 5.92 Å². The number of ether oxygens (including phenoxy) is 1. The van der Waals surface area contributed by atoms with E-state index in [9.17, 15) is 13.2 Å². The van der Waals surface area contributed by atoms with Crippen LogP contribution in [-0.4, -0.2) is 12.9 Å². The van der Waals surface area contributed by atoms with E-state index in [1.54, 1.807) is 18.2 Å². The molecule has 0 aromatic heterocycles. The number of benzene rings is 1. The van der Waals surface area contributed by atoms with Gasteiger partial charge in [0.1, 0.15) is 5.75 Å². The Balaban J connectivity index is 2.25. The second-order valence-electron chi connectivity index (χ2n) is 5.34. The predicted molar refractivity (Wildman–Crippen MR) is 76.7 cm³/mol. The highest BCUT2D eigenvalue weighted by atomic mass is 19.4. The number of nitrogens with two attached hydrogens (primary N) is 1. The molecular weight excluding hydrogens is 279 g/mol. The normalized spacial score (nSPS) is 17.8. The van der Waals surface area contributed by atoms with Gasteiger partial charge in [0.25, 0.3) is 0 Å². The van der Waals surface area contributed by atoms with Gasteiger partial charge in [0, 0.05) is 12.1 Å². The van der Waals surface area contributed by atoms with Crippen molar-refractivity contribution in [2.75, 3.05) is 6.54 Å². The Morgan fingerprint density at radius 3 is 2.48 bits per heavy atom. The average Bonchev–Trinajstić information content (AvgIpc) is 2.45. The number of para-hydroxylation sites is 1. The third kappa shape index (κ3) is 4.77. The van der Waals surface area contributed by atoms with Crippen LogP contribution in [0.1, 0.15) is 37.7 Å². The highest BCUT2D eigenvalue weighted by Gasteiger charge is 2.31. The summed E-state index contributed by atoms with van der Waals surface area (Å²) in [7, 11) is 0. The first-order valence-corrected chi connectivity index (χ1v) is 7.25. The zero-order valence-electron chi connectivity index (χ0n) is 11.8. The van der Waals surface area contributed by atoms with E-state index in [1.165, 1.54) is 18.6 Å². The van der Waals surface area contributed by atoms with E-state index in [0.717, 1.165) is 31.3 Å². The SMILES string of the molecule is NC/C(=C/c1ccccc1OC(F)(F)F)C1CCCCC1. The second-order valence-corrected chi connectivity index (χ2v) is 5.34. The van der Waals surface area contributed by atoms with Gasteiger partial charge in [-0.05, 0) is 24.8 Å². The highest BCUT2D eigenvalue weighted by molar-refractivity contribution is 5.60. The van der Waals surface area contributed by atoms with E-state index in [-0.39, 0.29) is 5.75 Å². The molecule has 5 heteroatoms. The molecule has 1 fully saturated rings. The van der Waals surface area contributed by atoms with E-state index in [2.05, 4.69) is 4.74 Å². The summed E-state index contributed by atoms with van der Waals surface area (Å²) in [5, 5.41) is 0. The second kappa shape index (κ2) is 6.98. The Morgan fingerprint density at radius 1 is 1.19 bits per heavy atom. The lowest BCUT2D eigenvalue weighted by Gasteiger charge is -2.24. The molecule has 0 saturated heterocycles. The monoisotopic (exact) mass is 299 g/mol. The maximum atomic E-state index is 12.4. The fraction of sp³-hybridized carbons (Fsp3) is 0.500. The summed E-state index contributed by atoms with van der Waals surface area (Å²) in [5.74, 6) is 0.203. The minimum Gasteiger partial charge on any atom is -0.405 e. The molecule has 1 aromatic rings. The molecule has 0 aliphatic heterocycles. The van der Waals surface area contributed by atoms with Gasteiger partial charge in [-0.3, -0.25) is 0 Å². The summed E-state index contributed by atoms with van der Waals surface area (Å²) in [5.41, 5.74) is 7.24. The van der Waals surface area contributed by atoms with Crippen molar-refractivity contribution in [1.29, 1.82) is 0 Å². The molecule has 0 bridgehead atoms. The van der Waals surface area contributed by atoms with Crippen LogP contribution in [0.5, 0.6) is 5.75 Å². The van der Waals surface area contributed by atoms with Crippen LogP contribution >= 0.6 is 0 Å². The van der Waals surface area contributed by atoms with Crippen molar-refractivity contribution in [3.63, 3.8) is 0 Å². The van der Waals surface area contributed by atoms with Gasteiger partial charge in [-0.2, -0.15) is 0 Å². The molecule has 2 N–H and O–H groups in total. The standard InChI is InChI=1S/C16H20F3NO/c17-16(18,19)21-15-9-5-4-8-13(15)10-14(11-20)12-6-2-1-3-7-12/h4-5,8-10,12H,1-3,6-7,11,20H2/b14-10-. The van der Waals surface area contributed by atoms with Gasteiger partial charge in [0.15, 0.2) is 0 Å². The zero-order chi connectivity index (χ0) is 15.3. The number of halogens is 3. The topological polar surface area (TPSA) is 35.2 Å². The highest BCUT2D eigenvalue weighted by Crippen LogP contribution is 2.33. The van der Waals surface area contributed by atoms with Crippen LogP contribution in [0.3, 0.4) is 0 Å². The lowest BCUT2D eigenvalue weighted by Crippen LogP contribution is -2.18. The van der Waals surface area contributed by atoms with E-state index in [1.807, 2.05) is 0 Å². The smallest absolute Gasteiger partial charge is 0.405 e. The Bertz CT molecular complexity index is 491. The lowest BCUT2D eigenvalue weighted by atomic mass is 9.83. The first kappa shape index (κ1) is 15.9. The molecule has 1 aromatic carbocycles. The zero-order valence-corrected chi connectivity index (χ0v) is 11.8. The molecule has 116 valence electrons. The molecule has 21 heavy (non-hydrogen) atoms. The van der Waals surface area contributed by atoms with Gasteiger partial charge >= 0.3 is 6.36 Å². The first-order valence-electron chi connectivity index (χ1n) is 7.25. The fourth-order valence-electron chi connectivity index (χ4n) is 2.83. The van der Waals surface area contributed by atoms with Crippen molar-refractivity contribution >= 4 is 6.08 Å².